The van der Waals surface area contributed by atoms with E-state index >= 15 is 0 Å². The average Bonchev–Trinajstić information content (AvgIpc) is 2.56. The van der Waals surface area contributed by atoms with Crippen LogP contribution in [-0.2, 0) is 6.42 Å². The molecule has 0 amide bonds. The van der Waals surface area contributed by atoms with Crippen LogP contribution in [0.1, 0.15) is 35.2 Å². The number of benzene rings is 1. The normalized spacial score (nSPS) is 15.4. The summed E-state index contributed by atoms with van der Waals surface area (Å²) >= 11 is 0. The van der Waals surface area contributed by atoms with E-state index in [9.17, 15) is 5.26 Å². The number of aromatic nitrogens is 1. The summed E-state index contributed by atoms with van der Waals surface area (Å²) in [6.45, 7) is 5.98. The summed E-state index contributed by atoms with van der Waals surface area (Å²) in [5.41, 5.74) is 4.18. The van der Waals surface area contributed by atoms with E-state index in [0.717, 1.165) is 60.9 Å². The van der Waals surface area contributed by atoms with E-state index < -0.39 is 0 Å². The molecule has 1 aromatic carbocycles. The number of nitriles is 1. The second-order valence-corrected chi connectivity index (χ2v) is 6.51. The van der Waals surface area contributed by atoms with Crippen LogP contribution in [0.4, 0.5) is 5.82 Å². The minimum absolute atomic E-state index is 0.727. The predicted octanol–water partition coefficient (Wildman–Crippen LogP) is 4.03. The zero-order valence-electron chi connectivity index (χ0n) is 13.9. The highest BCUT2D eigenvalue weighted by atomic mass is 15.2. The molecule has 0 saturated carbocycles. The van der Waals surface area contributed by atoms with Crippen molar-refractivity contribution in [3.8, 4) is 6.07 Å². The lowest BCUT2D eigenvalue weighted by Crippen LogP contribution is -2.35. The molecule has 0 bridgehead atoms. The monoisotopic (exact) mass is 305 g/mol. The molecule has 1 aromatic heterocycles. The van der Waals surface area contributed by atoms with Crippen LogP contribution in [0.2, 0.25) is 0 Å². The van der Waals surface area contributed by atoms with Crippen molar-refractivity contribution >= 4 is 5.82 Å². The SMILES string of the molecule is Cc1cc(C)c(C#N)c(N2CCC(Cc3ccccc3)CC2)n1. The first kappa shape index (κ1) is 15.6. The fourth-order valence-corrected chi connectivity index (χ4v) is 3.48. The fourth-order valence-electron chi connectivity index (χ4n) is 3.48. The van der Waals surface area contributed by atoms with Crippen LogP contribution in [0.5, 0.6) is 0 Å². The van der Waals surface area contributed by atoms with Crippen molar-refractivity contribution in [3.05, 3.63) is 58.8 Å². The molecule has 2 heterocycles. The molecule has 1 saturated heterocycles. The molecule has 3 nitrogen and oxygen atoms in total. The smallest absolute Gasteiger partial charge is 0.147 e. The lowest BCUT2D eigenvalue weighted by atomic mass is 9.90. The number of hydrogen-bond donors (Lipinski definition) is 0. The maximum atomic E-state index is 9.45. The minimum Gasteiger partial charge on any atom is -0.355 e. The number of anilines is 1. The van der Waals surface area contributed by atoms with Gasteiger partial charge in [0.1, 0.15) is 11.9 Å². The Balaban J connectivity index is 1.69. The second kappa shape index (κ2) is 6.83. The van der Waals surface area contributed by atoms with Gasteiger partial charge in [0.25, 0.3) is 0 Å². The van der Waals surface area contributed by atoms with Gasteiger partial charge in [0.15, 0.2) is 0 Å². The molecule has 0 atom stereocenters. The third-order valence-electron chi connectivity index (χ3n) is 4.72. The van der Waals surface area contributed by atoms with Gasteiger partial charge < -0.3 is 4.90 Å². The topological polar surface area (TPSA) is 39.9 Å². The van der Waals surface area contributed by atoms with Gasteiger partial charge in [0, 0.05) is 18.8 Å². The van der Waals surface area contributed by atoms with Crippen molar-refractivity contribution in [2.45, 2.75) is 33.1 Å². The average molecular weight is 305 g/mol. The van der Waals surface area contributed by atoms with E-state index in [2.05, 4.69) is 46.3 Å². The number of rotatable bonds is 3. The zero-order valence-corrected chi connectivity index (χ0v) is 13.9. The molecule has 3 rings (SSSR count). The van der Waals surface area contributed by atoms with Crippen LogP contribution in [0.25, 0.3) is 0 Å². The van der Waals surface area contributed by atoms with E-state index in [1.54, 1.807) is 0 Å². The first-order chi connectivity index (χ1) is 11.2. The molecule has 118 valence electrons. The molecule has 0 aliphatic carbocycles. The van der Waals surface area contributed by atoms with Crippen molar-refractivity contribution in [3.63, 3.8) is 0 Å². The van der Waals surface area contributed by atoms with Gasteiger partial charge in [0.05, 0.1) is 5.56 Å². The van der Waals surface area contributed by atoms with Crippen LogP contribution in [0, 0.1) is 31.1 Å². The Bertz CT molecular complexity index is 708. The highest BCUT2D eigenvalue weighted by molar-refractivity contribution is 5.58. The Morgan fingerprint density at radius 3 is 2.52 bits per heavy atom. The summed E-state index contributed by atoms with van der Waals surface area (Å²) < 4.78 is 0. The number of pyridine rings is 1. The standard InChI is InChI=1S/C20H23N3/c1-15-12-16(2)22-20(19(15)14-21)23-10-8-18(9-11-23)13-17-6-4-3-5-7-17/h3-7,12,18H,8-11,13H2,1-2H3. The van der Waals surface area contributed by atoms with E-state index in [-0.39, 0.29) is 0 Å². The van der Waals surface area contributed by atoms with Crippen molar-refractivity contribution in [1.82, 2.24) is 4.98 Å². The van der Waals surface area contributed by atoms with Crippen LogP contribution < -0.4 is 4.90 Å². The van der Waals surface area contributed by atoms with Gasteiger partial charge in [-0.1, -0.05) is 30.3 Å². The maximum absolute atomic E-state index is 9.45. The summed E-state index contributed by atoms with van der Waals surface area (Å²) in [7, 11) is 0. The Morgan fingerprint density at radius 2 is 1.87 bits per heavy atom. The molecular weight excluding hydrogens is 282 g/mol. The third-order valence-corrected chi connectivity index (χ3v) is 4.72. The second-order valence-electron chi connectivity index (χ2n) is 6.51. The lowest BCUT2D eigenvalue weighted by Gasteiger charge is -2.33. The van der Waals surface area contributed by atoms with E-state index in [4.69, 9.17) is 0 Å². The summed E-state index contributed by atoms with van der Waals surface area (Å²) in [6, 6.07) is 15.1. The van der Waals surface area contributed by atoms with Gasteiger partial charge in [-0.15, -0.1) is 0 Å². The first-order valence-corrected chi connectivity index (χ1v) is 8.34. The molecule has 0 unspecified atom stereocenters. The third kappa shape index (κ3) is 3.53. The Kier molecular flexibility index (Phi) is 4.62. The minimum atomic E-state index is 0.727. The maximum Gasteiger partial charge on any atom is 0.147 e. The van der Waals surface area contributed by atoms with Crippen molar-refractivity contribution < 1.29 is 0 Å². The molecule has 23 heavy (non-hydrogen) atoms. The highest BCUT2D eigenvalue weighted by Gasteiger charge is 2.23. The van der Waals surface area contributed by atoms with E-state index in [0.29, 0.717) is 0 Å². The fraction of sp³-hybridized carbons (Fsp3) is 0.400. The molecule has 1 fully saturated rings. The zero-order chi connectivity index (χ0) is 16.2. The van der Waals surface area contributed by atoms with Crippen molar-refractivity contribution in [1.29, 1.82) is 5.26 Å². The Hall–Kier alpha value is -2.34. The molecule has 2 aromatic rings. The van der Waals surface area contributed by atoms with Gasteiger partial charge >= 0.3 is 0 Å². The van der Waals surface area contributed by atoms with Crippen LogP contribution in [0.15, 0.2) is 36.4 Å². The summed E-state index contributed by atoms with van der Waals surface area (Å²) in [6.07, 6.45) is 3.48. The van der Waals surface area contributed by atoms with Crippen LogP contribution in [-0.4, -0.2) is 18.1 Å². The molecule has 3 heteroatoms. The van der Waals surface area contributed by atoms with Crippen LogP contribution in [0.3, 0.4) is 0 Å². The molecule has 0 spiro atoms. The summed E-state index contributed by atoms with van der Waals surface area (Å²) in [5, 5.41) is 9.45. The molecule has 0 N–H and O–H groups in total. The van der Waals surface area contributed by atoms with Gasteiger partial charge in [0.2, 0.25) is 0 Å². The summed E-state index contributed by atoms with van der Waals surface area (Å²) in [5.74, 6) is 1.60. The number of aryl methyl sites for hydroxylation is 2. The molecule has 0 radical (unpaired) electrons. The van der Waals surface area contributed by atoms with Crippen LogP contribution >= 0.6 is 0 Å². The highest BCUT2D eigenvalue weighted by Crippen LogP contribution is 2.28. The van der Waals surface area contributed by atoms with Crippen molar-refractivity contribution in [2.75, 3.05) is 18.0 Å². The van der Waals surface area contributed by atoms with Gasteiger partial charge in [-0.05, 0) is 56.2 Å². The van der Waals surface area contributed by atoms with Gasteiger partial charge in [-0.25, -0.2) is 4.98 Å². The number of nitrogens with zero attached hydrogens (tertiary/aromatic N) is 3. The first-order valence-electron chi connectivity index (χ1n) is 8.34. The van der Waals surface area contributed by atoms with E-state index in [1.807, 2.05) is 19.9 Å². The molecule has 1 aliphatic rings. The summed E-state index contributed by atoms with van der Waals surface area (Å²) in [4.78, 5) is 6.93. The quantitative estimate of drug-likeness (QED) is 0.859. The lowest BCUT2D eigenvalue weighted by molar-refractivity contribution is 0.402. The van der Waals surface area contributed by atoms with Gasteiger partial charge in [-0.3, -0.25) is 0 Å². The Morgan fingerprint density at radius 1 is 1.17 bits per heavy atom. The number of piperidine rings is 1. The molecular formula is C20H23N3. The van der Waals surface area contributed by atoms with Gasteiger partial charge in [-0.2, -0.15) is 5.26 Å². The largest absolute Gasteiger partial charge is 0.355 e. The van der Waals surface area contributed by atoms with E-state index in [1.165, 1.54) is 5.56 Å². The predicted molar refractivity (Wildman–Crippen MR) is 93.5 cm³/mol. The Labute approximate surface area is 138 Å². The van der Waals surface area contributed by atoms with Crippen molar-refractivity contribution in [2.24, 2.45) is 5.92 Å². The number of hydrogen-bond acceptors (Lipinski definition) is 3. The molecule has 1 aliphatic heterocycles.